The largest absolute Gasteiger partial charge is 0.378 e. The summed E-state index contributed by atoms with van der Waals surface area (Å²) in [5, 5.41) is 3.53. The molecule has 3 nitrogen and oxygen atoms in total. The number of morpholine rings is 1. The molecular weight excluding hydrogens is 212 g/mol. The van der Waals surface area contributed by atoms with Crippen LogP contribution in [-0.4, -0.2) is 49.8 Å². The summed E-state index contributed by atoms with van der Waals surface area (Å²) in [5.41, 5.74) is 0. The summed E-state index contributed by atoms with van der Waals surface area (Å²) in [4.78, 5) is 2.72. The number of likely N-dealkylation sites (N-methyl/N-ethyl adjacent to an activating group) is 1. The maximum Gasteiger partial charge on any atom is 0.0622 e. The van der Waals surface area contributed by atoms with E-state index >= 15 is 0 Å². The second-order valence-corrected chi connectivity index (χ2v) is 5.76. The molecule has 2 fully saturated rings. The zero-order valence-electron chi connectivity index (χ0n) is 11.6. The second-order valence-electron chi connectivity index (χ2n) is 5.76. The highest BCUT2D eigenvalue weighted by Crippen LogP contribution is 2.30. The van der Waals surface area contributed by atoms with Gasteiger partial charge in [0.05, 0.1) is 13.2 Å². The summed E-state index contributed by atoms with van der Waals surface area (Å²) in [6.45, 7) is 7.65. The Hall–Kier alpha value is -0.120. The molecular formula is C14H28N2O. The number of nitrogens with one attached hydrogen (secondary N) is 1. The number of ether oxygens (including phenoxy) is 1. The van der Waals surface area contributed by atoms with E-state index in [1.165, 1.54) is 25.7 Å². The highest BCUT2D eigenvalue weighted by atomic mass is 16.5. The van der Waals surface area contributed by atoms with Crippen molar-refractivity contribution in [2.45, 2.75) is 57.7 Å². The third-order valence-electron chi connectivity index (χ3n) is 4.62. The molecule has 0 aromatic heterocycles. The fourth-order valence-corrected chi connectivity index (χ4v) is 3.51. The Balaban J connectivity index is 2.05. The van der Waals surface area contributed by atoms with Crippen molar-refractivity contribution in [3.63, 3.8) is 0 Å². The molecule has 0 radical (unpaired) electrons. The molecule has 17 heavy (non-hydrogen) atoms. The summed E-state index contributed by atoms with van der Waals surface area (Å²) >= 11 is 0. The molecule has 4 atom stereocenters. The average Bonchev–Trinajstić information content (AvgIpc) is 2.38. The molecule has 2 aliphatic rings. The van der Waals surface area contributed by atoms with Crippen LogP contribution in [0.1, 0.15) is 39.5 Å². The smallest absolute Gasteiger partial charge is 0.0622 e. The van der Waals surface area contributed by atoms with E-state index in [0.717, 1.165) is 31.7 Å². The van der Waals surface area contributed by atoms with E-state index in [1.807, 2.05) is 0 Å². The van der Waals surface area contributed by atoms with Crippen LogP contribution in [-0.2, 0) is 4.74 Å². The first-order chi connectivity index (χ1) is 8.26. The highest BCUT2D eigenvalue weighted by molar-refractivity contribution is 4.93. The molecule has 0 aromatic rings. The fraction of sp³-hybridized carbons (Fsp3) is 1.00. The topological polar surface area (TPSA) is 24.5 Å². The first-order valence-corrected chi connectivity index (χ1v) is 7.27. The van der Waals surface area contributed by atoms with Crippen LogP contribution in [0, 0.1) is 5.92 Å². The van der Waals surface area contributed by atoms with Crippen molar-refractivity contribution in [2.75, 3.05) is 26.8 Å². The van der Waals surface area contributed by atoms with E-state index in [2.05, 4.69) is 31.1 Å². The van der Waals surface area contributed by atoms with E-state index in [9.17, 15) is 0 Å². The lowest BCUT2D eigenvalue weighted by atomic mass is 9.81. The van der Waals surface area contributed by atoms with Crippen molar-refractivity contribution >= 4 is 0 Å². The zero-order valence-corrected chi connectivity index (χ0v) is 11.6. The SMILES string of the molecule is CCC1COCCN1C1CC(C)CCC1NC. The summed E-state index contributed by atoms with van der Waals surface area (Å²) in [6.07, 6.45) is 5.27. The second kappa shape index (κ2) is 6.17. The zero-order chi connectivity index (χ0) is 12.3. The Morgan fingerprint density at radius 2 is 2.18 bits per heavy atom. The molecule has 2 rings (SSSR count). The van der Waals surface area contributed by atoms with Gasteiger partial charge in [-0.3, -0.25) is 4.90 Å². The van der Waals surface area contributed by atoms with Gasteiger partial charge in [0.15, 0.2) is 0 Å². The van der Waals surface area contributed by atoms with Crippen molar-refractivity contribution in [1.82, 2.24) is 10.2 Å². The molecule has 3 heteroatoms. The molecule has 1 aliphatic heterocycles. The molecule has 0 spiro atoms. The standard InChI is InChI=1S/C14H28N2O/c1-4-12-10-17-8-7-16(12)14-9-11(2)5-6-13(14)15-3/h11-15H,4-10H2,1-3H3. The minimum absolute atomic E-state index is 0.634. The Kier molecular flexibility index (Phi) is 4.83. The van der Waals surface area contributed by atoms with Crippen LogP contribution in [0.5, 0.6) is 0 Å². The van der Waals surface area contributed by atoms with E-state index in [4.69, 9.17) is 4.74 Å². The van der Waals surface area contributed by atoms with E-state index in [1.54, 1.807) is 0 Å². The van der Waals surface area contributed by atoms with Crippen LogP contribution in [0.2, 0.25) is 0 Å². The maximum absolute atomic E-state index is 5.63. The molecule has 0 aromatic carbocycles. The van der Waals surface area contributed by atoms with Gasteiger partial charge in [-0.1, -0.05) is 13.8 Å². The van der Waals surface area contributed by atoms with Crippen LogP contribution in [0.3, 0.4) is 0 Å². The molecule has 100 valence electrons. The lowest BCUT2D eigenvalue weighted by Crippen LogP contribution is -2.58. The molecule has 1 aliphatic carbocycles. The van der Waals surface area contributed by atoms with Gasteiger partial charge in [0.2, 0.25) is 0 Å². The first kappa shape index (κ1) is 13.3. The van der Waals surface area contributed by atoms with Crippen LogP contribution < -0.4 is 5.32 Å². The van der Waals surface area contributed by atoms with Crippen LogP contribution in [0.4, 0.5) is 0 Å². The minimum Gasteiger partial charge on any atom is -0.378 e. The van der Waals surface area contributed by atoms with E-state index in [-0.39, 0.29) is 0 Å². The van der Waals surface area contributed by atoms with Crippen molar-refractivity contribution in [3.05, 3.63) is 0 Å². The van der Waals surface area contributed by atoms with Crippen molar-refractivity contribution < 1.29 is 4.74 Å². The summed E-state index contributed by atoms with van der Waals surface area (Å²) in [7, 11) is 2.12. The van der Waals surface area contributed by atoms with Gasteiger partial charge in [-0.25, -0.2) is 0 Å². The molecule has 1 saturated heterocycles. The molecule has 1 saturated carbocycles. The summed E-state index contributed by atoms with van der Waals surface area (Å²) in [6, 6.07) is 2.03. The highest BCUT2D eigenvalue weighted by Gasteiger charge is 2.36. The Labute approximate surface area is 106 Å². The van der Waals surface area contributed by atoms with Gasteiger partial charge in [0.25, 0.3) is 0 Å². The molecule has 1 heterocycles. The van der Waals surface area contributed by atoms with Gasteiger partial charge >= 0.3 is 0 Å². The molecule has 4 unspecified atom stereocenters. The first-order valence-electron chi connectivity index (χ1n) is 7.27. The van der Waals surface area contributed by atoms with Gasteiger partial charge in [-0.05, 0) is 38.6 Å². The Bertz CT molecular complexity index is 234. The normalized spacial score (nSPS) is 40.4. The quantitative estimate of drug-likeness (QED) is 0.815. The van der Waals surface area contributed by atoms with E-state index < -0.39 is 0 Å². The number of nitrogens with zero attached hydrogens (tertiary/aromatic N) is 1. The van der Waals surface area contributed by atoms with Gasteiger partial charge in [-0.15, -0.1) is 0 Å². The third kappa shape index (κ3) is 3.01. The summed E-state index contributed by atoms with van der Waals surface area (Å²) < 4.78 is 5.63. The van der Waals surface area contributed by atoms with Gasteiger partial charge < -0.3 is 10.1 Å². The van der Waals surface area contributed by atoms with Crippen molar-refractivity contribution in [2.24, 2.45) is 5.92 Å². The average molecular weight is 240 g/mol. The molecule has 1 N–H and O–H groups in total. The third-order valence-corrected chi connectivity index (χ3v) is 4.62. The number of hydrogen-bond acceptors (Lipinski definition) is 3. The van der Waals surface area contributed by atoms with Gasteiger partial charge in [-0.2, -0.15) is 0 Å². The Morgan fingerprint density at radius 1 is 1.35 bits per heavy atom. The summed E-state index contributed by atoms with van der Waals surface area (Å²) in [5.74, 6) is 0.880. The predicted octanol–water partition coefficient (Wildman–Crippen LogP) is 1.87. The van der Waals surface area contributed by atoms with Crippen molar-refractivity contribution in [1.29, 1.82) is 0 Å². The van der Waals surface area contributed by atoms with Gasteiger partial charge in [0.1, 0.15) is 0 Å². The minimum atomic E-state index is 0.634. The van der Waals surface area contributed by atoms with Crippen LogP contribution in [0.15, 0.2) is 0 Å². The van der Waals surface area contributed by atoms with Crippen LogP contribution >= 0.6 is 0 Å². The van der Waals surface area contributed by atoms with Crippen molar-refractivity contribution in [3.8, 4) is 0 Å². The number of rotatable bonds is 3. The molecule has 0 amide bonds. The fourth-order valence-electron chi connectivity index (χ4n) is 3.51. The monoisotopic (exact) mass is 240 g/mol. The van der Waals surface area contributed by atoms with Gasteiger partial charge in [0, 0.05) is 24.7 Å². The molecule has 0 bridgehead atoms. The van der Waals surface area contributed by atoms with E-state index in [0.29, 0.717) is 12.1 Å². The number of hydrogen-bond donors (Lipinski definition) is 1. The predicted molar refractivity (Wildman–Crippen MR) is 71.3 cm³/mol. The maximum atomic E-state index is 5.63. The van der Waals surface area contributed by atoms with Crippen LogP contribution in [0.25, 0.3) is 0 Å². The Morgan fingerprint density at radius 3 is 2.88 bits per heavy atom. The lowest BCUT2D eigenvalue weighted by Gasteiger charge is -2.47. The lowest BCUT2D eigenvalue weighted by molar-refractivity contribution is -0.0480.